The fourth-order valence-electron chi connectivity index (χ4n) is 2.78. The largest absolute Gasteiger partial charge is 0.375 e. The highest BCUT2D eigenvalue weighted by atomic mass is 79.9. The average molecular weight is 439 g/mol. The van der Waals surface area contributed by atoms with Crippen LogP contribution >= 0.6 is 15.9 Å². The first-order valence-electron chi connectivity index (χ1n) is 7.53. The zero-order chi connectivity index (χ0) is 19.1. The molecule has 2 aromatic carbocycles. The molecule has 9 heteroatoms. The predicted octanol–water partition coefficient (Wildman–Crippen LogP) is 2.23. The molecule has 7 nitrogen and oxygen atoms in total. The molecule has 0 unspecified atom stereocenters. The minimum absolute atomic E-state index is 0.260. The third-order valence-electron chi connectivity index (χ3n) is 3.98. The van der Waals surface area contributed by atoms with Crippen LogP contribution in [0, 0.1) is 0 Å². The van der Waals surface area contributed by atoms with Gasteiger partial charge in [0.1, 0.15) is 0 Å². The lowest BCUT2D eigenvalue weighted by Gasteiger charge is -2.20. The van der Waals surface area contributed by atoms with E-state index in [1.54, 1.807) is 18.2 Å². The lowest BCUT2D eigenvalue weighted by Crippen LogP contribution is -2.36. The van der Waals surface area contributed by atoms with E-state index in [1.165, 1.54) is 24.3 Å². The smallest absolute Gasteiger partial charge is 0.261 e. The maximum Gasteiger partial charge on any atom is 0.261 e. The summed E-state index contributed by atoms with van der Waals surface area (Å²) >= 11 is 3.29. The van der Waals surface area contributed by atoms with Crippen molar-refractivity contribution in [2.45, 2.75) is 12.0 Å². The van der Waals surface area contributed by atoms with Gasteiger partial charge in [0.2, 0.25) is 10.0 Å². The van der Waals surface area contributed by atoms with Gasteiger partial charge in [0.25, 0.3) is 5.91 Å². The first-order valence-corrected chi connectivity index (χ1v) is 10.2. The lowest BCUT2D eigenvalue weighted by molar-refractivity contribution is -0.133. The van der Waals surface area contributed by atoms with Crippen molar-refractivity contribution < 1.29 is 23.1 Å². The number of halogens is 1. The van der Waals surface area contributed by atoms with Crippen molar-refractivity contribution in [3.63, 3.8) is 0 Å². The summed E-state index contributed by atoms with van der Waals surface area (Å²) < 4.78 is 25.5. The van der Waals surface area contributed by atoms with Crippen LogP contribution in [0.3, 0.4) is 0 Å². The summed E-state index contributed by atoms with van der Waals surface area (Å²) in [4.78, 5) is 24.8. The molecule has 1 aliphatic rings. The molecule has 0 aliphatic carbocycles. The molecular formula is C17H15BrN2O5S. The quantitative estimate of drug-likeness (QED) is 0.619. The Morgan fingerprint density at radius 2 is 1.88 bits per heavy atom. The van der Waals surface area contributed by atoms with Crippen LogP contribution in [0.1, 0.15) is 22.3 Å². The highest BCUT2D eigenvalue weighted by molar-refractivity contribution is 9.10. The summed E-state index contributed by atoms with van der Waals surface area (Å²) in [5, 5.41) is 13.4. The summed E-state index contributed by atoms with van der Waals surface area (Å²) in [6.07, 6.45) is 0.600. The molecule has 1 heterocycles. The Bertz CT molecular complexity index is 1000. The topological polar surface area (TPSA) is 113 Å². The highest BCUT2D eigenvalue weighted by Gasteiger charge is 2.46. The highest BCUT2D eigenvalue weighted by Crippen LogP contribution is 2.40. The fraction of sp³-hybridized carbons (Fsp3) is 0.176. The van der Waals surface area contributed by atoms with Gasteiger partial charge in [0.15, 0.2) is 11.4 Å². The molecular weight excluding hydrogens is 424 g/mol. The maximum absolute atomic E-state index is 12.5. The van der Waals surface area contributed by atoms with Gasteiger partial charge in [-0.3, -0.25) is 14.3 Å². The molecule has 0 saturated heterocycles. The number of nitrogens with one attached hydrogen (secondary N) is 2. The van der Waals surface area contributed by atoms with E-state index in [4.69, 9.17) is 0 Å². The van der Waals surface area contributed by atoms with E-state index in [0.717, 1.165) is 10.7 Å². The Balaban J connectivity index is 1.83. The Labute approximate surface area is 158 Å². The van der Waals surface area contributed by atoms with Gasteiger partial charge in [-0.2, -0.15) is 0 Å². The van der Waals surface area contributed by atoms with Crippen LogP contribution in [0.15, 0.2) is 46.9 Å². The van der Waals surface area contributed by atoms with Gasteiger partial charge in [-0.25, -0.2) is 8.42 Å². The van der Waals surface area contributed by atoms with Crippen molar-refractivity contribution in [3.8, 4) is 0 Å². The van der Waals surface area contributed by atoms with Crippen molar-refractivity contribution in [3.05, 3.63) is 58.1 Å². The molecule has 3 N–H and O–H groups in total. The minimum Gasteiger partial charge on any atom is -0.375 e. The number of aliphatic hydroxyl groups is 1. The first kappa shape index (κ1) is 18.6. The van der Waals surface area contributed by atoms with Gasteiger partial charge in [0, 0.05) is 27.0 Å². The number of rotatable bonds is 5. The van der Waals surface area contributed by atoms with Crippen molar-refractivity contribution in [2.75, 3.05) is 16.3 Å². The Hall–Kier alpha value is -2.23. The molecule has 26 heavy (non-hydrogen) atoms. The third-order valence-corrected chi connectivity index (χ3v) is 5.08. The van der Waals surface area contributed by atoms with Gasteiger partial charge < -0.3 is 10.4 Å². The van der Waals surface area contributed by atoms with Crippen LogP contribution in [0.5, 0.6) is 0 Å². The van der Waals surface area contributed by atoms with Crippen LogP contribution in [-0.2, 0) is 20.4 Å². The van der Waals surface area contributed by atoms with Gasteiger partial charge in [-0.05, 0) is 36.4 Å². The lowest BCUT2D eigenvalue weighted by atomic mass is 9.88. The van der Waals surface area contributed by atoms with E-state index in [9.17, 15) is 23.1 Å². The van der Waals surface area contributed by atoms with Crippen molar-refractivity contribution in [1.82, 2.24) is 0 Å². The summed E-state index contributed by atoms with van der Waals surface area (Å²) in [5.74, 6) is -1.10. The van der Waals surface area contributed by atoms with Crippen LogP contribution < -0.4 is 10.0 Å². The summed E-state index contributed by atoms with van der Waals surface area (Å²) in [6, 6.07) is 10.7. The molecule has 0 saturated carbocycles. The molecule has 1 amide bonds. The van der Waals surface area contributed by atoms with Crippen molar-refractivity contribution >= 4 is 49.0 Å². The zero-order valence-corrected chi connectivity index (χ0v) is 16.0. The maximum atomic E-state index is 12.5. The summed E-state index contributed by atoms with van der Waals surface area (Å²) in [5.41, 5.74) is -0.578. The fourth-order valence-corrected chi connectivity index (χ4v) is 3.70. The predicted molar refractivity (Wildman–Crippen MR) is 101 cm³/mol. The second-order valence-corrected chi connectivity index (χ2v) is 8.72. The Kier molecular flexibility index (Phi) is 4.63. The second-order valence-electron chi connectivity index (χ2n) is 6.06. The van der Waals surface area contributed by atoms with Gasteiger partial charge in [-0.15, -0.1) is 0 Å². The van der Waals surface area contributed by atoms with Crippen LogP contribution in [0.25, 0.3) is 0 Å². The van der Waals surface area contributed by atoms with E-state index in [-0.39, 0.29) is 5.56 Å². The Morgan fingerprint density at radius 3 is 2.50 bits per heavy atom. The molecule has 0 spiro atoms. The number of benzene rings is 2. The monoisotopic (exact) mass is 438 g/mol. The zero-order valence-electron chi connectivity index (χ0n) is 13.6. The number of amides is 1. The molecule has 1 aliphatic heterocycles. The molecule has 2 aromatic rings. The summed E-state index contributed by atoms with van der Waals surface area (Å²) in [7, 11) is -3.41. The van der Waals surface area contributed by atoms with E-state index in [1.807, 2.05) is 0 Å². The standard InChI is InChI=1S/C17H15BrN2O5S/c1-26(24,25)20-12-5-2-10(3-6-12)15(21)9-17(23)13-7-4-11(18)8-14(13)19-16(17)22/h2-8,20,23H,9H2,1H3,(H,19,22)/t17-/m1/s1. The molecule has 0 bridgehead atoms. The van der Waals surface area contributed by atoms with Crippen LogP contribution in [0.2, 0.25) is 0 Å². The van der Waals surface area contributed by atoms with Crippen LogP contribution in [0.4, 0.5) is 11.4 Å². The number of anilines is 2. The second kappa shape index (κ2) is 6.49. The average Bonchev–Trinajstić information content (AvgIpc) is 2.76. The number of fused-ring (bicyclic) bond motifs is 1. The van der Waals surface area contributed by atoms with Gasteiger partial charge in [-0.1, -0.05) is 22.0 Å². The number of Topliss-reactive ketones (excluding diaryl/α,β-unsaturated/α-hetero) is 1. The van der Waals surface area contributed by atoms with E-state index < -0.39 is 33.7 Å². The van der Waals surface area contributed by atoms with Gasteiger partial charge >= 0.3 is 0 Å². The molecule has 0 aromatic heterocycles. The minimum atomic E-state index is -3.41. The molecule has 3 rings (SSSR count). The van der Waals surface area contributed by atoms with Gasteiger partial charge in [0.05, 0.1) is 12.7 Å². The molecule has 1 atom stereocenters. The SMILES string of the molecule is CS(=O)(=O)Nc1ccc(C(=O)C[C@]2(O)C(=O)Nc3cc(Br)ccc32)cc1. The van der Waals surface area contributed by atoms with Crippen molar-refractivity contribution in [1.29, 1.82) is 0 Å². The van der Waals surface area contributed by atoms with Crippen LogP contribution in [-0.4, -0.2) is 31.5 Å². The number of ketones is 1. The third kappa shape index (κ3) is 3.64. The molecule has 136 valence electrons. The van der Waals surface area contributed by atoms with E-state index >= 15 is 0 Å². The number of carbonyl (C=O) groups is 2. The summed E-state index contributed by atoms with van der Waals surface area (Å²) in [6.45, 7) is 0. The van der Waals surface area contributed by atoms with E-state index in [0.29, 0.717) is 16.9 Å². The number of hydrogen-bond donors (Lipinski definition) is 3. The molecule has 0 fully saturated rings. The molecule has 0 radical (unpaired) electrons. The first-order chi connectivity index (χ1) is 12.1. The van der Waals surface area contributed by atoms with Crippen molar-refractivity contribution in [2.24, 2.45) is 0 Å². The Morgan fingerprint density at radius 1 is 1.23 bits per heavy atom. The van der Waals surface area contributed by atoms with E-state index in [2.05, 4.69) is 26.0 Å². The normalized spacial score (nSPS) is 19.0. The number of sulfonamides is 1. The number of hydrogen-bond acceptors (Lipinski definition) is 5. The number of carbonyl (C=O) groups excluding carboxylic acids is 2.